The molecule has 1 aromatic carbocycles. The maximum atomic E-state index is 12.9. The minimum atomic E-state index is -4.17. The van der Waals surface area contributed by atoms with Crippen molar-refractivity contribution in [3.8, 4) is 5.75 Å². The number of fused-ring (bicyclic) bond motifs is 1. The zero-order valence-corrected chi connectivity index (χ0v) is 11.2. The number of aryl methyl sites for hydroxylation is 1. The first-order chi connectivity index (χ1) is 9.55. The molecule has 0 aromatic heterocycles. The first-order valence-corrected chi connectivity index (χ1v) is 7.13. The third-order valence-corrected chi connectivity index (χ3v) is 4.12. The minimum Gasteiger partial charge on any atom is -0.493 e. The number of hydrogen-bond donors (Lipinski definition) is 1. The van der Waals surface area contributed by atoms with Crippen LogP contribution in [-0.2, 0) is 6.42 Å². The number of nitrogens with one attached hydrogen (secondary N) is 1. The quantitative estimate of drug-likeness (QED) is 0.848. The van der Waals surface area contributed by atoms with E-state index in [0.717, 1.165) is 36.1 Å². The largest absolute Gasteiger partial charge is 0.493 e. The van der Waals surface area contributed by atoms with Gasteiger partial charge in [0.2, 0.25) is 0 Å². The highest BCUT2D eigenvalue weighted by molar-refractivity contribution is 5.44. The Morgan fingerprint density at radius 3 is 2.80 bits per heavy atom. The molecule has 0 aliphatic carbocycles. The van der Waals surface area contributed by atoms with Crippen molar-refractivity contribution in [3.05, 3.63) is 29.3 Å². The van der Waals surface area contributed by atoms with E-state index in [9.17, 15) is 13.2 Å². The van der Waals surface area contributed by atoms with Crippen LogP contribution in [0, 0.1) is 0 Å². The summed E-state index contributed by atoms with van der Waals surface area (Å²) in [6.07, 6.45) is -0.777. The fourth-order valence-electron chi connectivity index (χ4n) is 3.13. The highest BCUT2D eigenvalue weighted by Crippen LogP contribution is 2.39. The Morgan fingerprint density at radius 2 is 2.00 bits per heavy atom. The molecule has 0 saturated carbocycles. The highest BCUT2D eigenvalue weighted by atomic mass is 19.4. The first-order valence-electron chi connectivity index (χ1n) is 7.13. The van der Waals surface area contributed by atoms with Gasteiger partial charge in [-0.05, 0) is 37.7 Å². The summed E-state index contributed by atoms with van der Waals surface area (Å²) in [7, 11) is 0. The van der Waals surface area contributed by atoms with Gasteiger partial charge in [0.15, 0.2) is 0 Å². The fraction of sp³-hybridized carbons (Fsp3) is 0.600. The molecule has 110 valence electrons. The average molecular weight is 285 g/mol. The smallest absolute Gasteiger partial charge is 0.403 e. The van der Waals surface area contributed by atoms with Crippen LogP contribution in [-0.4, -0.2) is 18.8 Å². The van der Waals surface area contributed by atoms with E-state index in [1.807, 2.05) is 18.2 Å². The van der Waals surface area contributed by atoms with Crippen molar-refractivity contribution in [2.24, 2.45) is 0 Å². The number of benzene rings is 1. The van der Waals surface area contributed by atoms with E-state index in [1.165, 1.54) is 0 Å². The van der Waals surface area contributed by atoms with E-state index < -0.39 is 12.2 Å². The number of rotatable bonds is 1. The summed E-state index contributed by atoms with van der Waals surface area (Å²) in [6, 6.07) is 4.15. The van der Waals surface area contributed by atoms with Crippen LogP contribution in [0.15, 0.2) is 18.2 Å². The molecule has 3 rings (SSSR count). The lowest BCUT2D eigenvalue weighted by Gasteiger charge is -2.34. The van der Waals surface area contributed by atoms with E-state index in [-0.39, 0.29) is 12.5 Å². The Balaban J connectivity index is 1.86. The Hall–Kier alpha value is -1.23. The molecule has 2 nitrogen and oxygen atoms in total. The van der Waals surface area contributed by atoms with Crippen molar-refractivity contribution in [2.45, 2.75) is 50.4 Å². The Labute approximate surface area is 116 Å². The second kappa shape index (κ2) is 5.28. The van der Waals surface area contributed by atoms with Gasteiger partial charge in [0.05, 0.1) is 6.61 Å². The number of hydrogen-bond acceptors (Lipinski definition) is 2. The van der Waals surface area contributed by atoms with Gasteiger partial charge in [-0.2, -0.15) is 13.2 Å². The molecule has 0 bridgehead atoms. The van der Waals surface area contributed by atoms with Gasteiger partial charge in [0.25, 0.3) is 0 Å². The number of ether oxygens (including phenoxy) is 1. The Morgan fingerprint density at radius 1 is 1.15 bits per heavy atom. The standard InChI is InChI=1S/C15H18F3NO/c16-15(17,18)13-8-2-7-12(19-13)11-6-1-4-10-5-3-9-20-14(10)11/h1,4,6,12-13,19H,2-3,5,7-9H2. The maximum Gasteiger partial charge on any atom is 0.403 e. The molecular weight excluding hydrogens is 267 g/mol. The summed E-state index contributed by atoms with van der Waals surface area (Å²) in [5.74, 6) is 0.805. The van der Waals surface area contributed by atoms with Gasteiger partial charge < -0.3 is 4.74 Å². The third-order valence-electron chi connectivity index (χ3n) is 4.12. The third kappa shape index (κ3) is 2.64. The number of alkyl halides is 3. The molecule has 1 N–H and O–H groups in total. The molecule has 2 heterocycles. The predicted molar refractivity (Wildman–Crippen MR) is 69.8 cm³/mol. The van der Waals surface area contributed by atoms with Gasteiger partial charge in [-0.15, -0.1) is 0 Å². The topological polar surface area (TPSA) is 21.3 Å². The molecule has 2 unspecified atom stereocenters. The average Bonchev–Trinajstić information content (AvgIpc) is 2.46. The van der Waals surface area contributed by atoms with Crippen LogP contribution in [0.4, 0.5) is 13.2 Å². The van der Waals surface area contributed by atoms with E-state index in [1.54, 1.807) is 0 Å². The van der Waals surface area contributed by atoms with E-state index in [2.05, 4.69) is 5.32 Å². The number of halogens is 3. The van der Waals surface area contributed by atoms with Crippen molar-refractivity contribution < 1.29 is 17.9 Å². The molecule has 0 radical (unpaired) electrons. The number of para-hydroxylation sites is 1. The van der Waals surface area contributed by atoms with Gasteiger partial charge in [0, 0.05) is 11.6 Å². The van der Waals surface area contributed by atoms with Crippen LogP contribution in [0.5, 0.6) is 5.75 Å². The van der Waals surface area contributed by atoms with Crippen molar-refractivity contribution >= 4 is 0 Å². The minimum absolute atomic E-state index is 0.163. The zero-order chi connectivity index (χ0) is 14.2. The van der Waals surface area contributed by atoms with Crippen LogP contribution in [0.1, 0.15) is 42.9 Å². The van der Waals surface area contributed by atoms with Crippen molar-refractivity contribution in [1.82, 2.24) is 5.32 Å². The maximum absolute atomic E-state index is 12.9. The van der Waals surface area contributed by atoms with Crippen LogP contribution in [0.25, 0.3) is 0 Å². The molecule has 20 heavy (non-hydrogen) atoms. The molecule has 1 fully saturated rings. The molecule has 2 aliphatic heterocycles. The second-order valence-corrected chi connectivity index (χ2v) is 5.53. The highest BCUT2D eigenvalue weighted by Gasteiger charge is 2.42. The molecule has 0 spiro atoms. The lowest BCUT2D eigenvalue weighted by Crippen LogP contribution is -2.46. The van der Waals surface area contributed by atoms with E-state index >= 15 is 0 Å². The van der Waals surface area contributed by atoms with Crippen LogP contribution >= 0.6 is 0 Å². The van der Waals surface area contributed by atoms with Gasteiger partial charge >= 0.3 is 6.18 Å². The molecule has 5 heteroatoms. The Kier molecular flexibility index (Phi) is 3.63. The van der Waals surface area contributed by atoms with Crippen LogP contribution < -0.4 is 10.1 Å². The van der Waals surface area contributed by atoms with Crippen molar-refractivity contribution in [2.75, 3.05) is 6.61 Å². The van der Waals surface area contributed by atoms with Crippen LogP contribution in [0.3, 0.4) is 0 Å². The molecule has 0 amide bonds. The monoisotopic (exact) mass is 285 g/mol. The lowest BCUT2D eigenvalue weighted by atomic mass is 9.90. The molecule has 1 aromatic rings. The molecular formula is C15H18F3NO. The summed E-state index contributed by atoms with van der Waals surface area (Å²) < 4.78 is 44.3. The molecule has 2 aliphatic rings. The SMILES string of the molecule is FC(F)(F)C1CCCC(c2cccc3c2OCCC3)N1. The second-order valence-electron chi connectivity index (χ2n) is 5.53. The summed E-state index contributed by atoms with van der Waals surface area (Å²) in [4.78, 5) is 0. The fourth-order valence-corrected chi connectivity index (χ4v) is 3.13. The van der Waals surface area contributed by atoms with E-state index in [4.69, 9.17) is 4.74 Å². The first kappa shape index (κ1) is 13.7. The predicted octanol–water partition coefficient (Wildman–Crippen LogP) is 3.76. The lowest BCUT2D eigenvalue weighted by molar-refractivity contribution is -0.163. The summed E-state index contributed by atoms with van der Waals surface area (Å²) in [5.41, 5.74) is 2.00. The normalized spacial score (nSPS) is 26.8. The van der Waals surface area contributed by atoms with Gasteiger partial charge in [-0.25, -0.2) is 0 Å². The van der Waals surface area contributed by atoms with Gasteiger partial charge in [0.1, 0.15) is 11.8 Å². The van der Waals surface area contributed by atoms with Crippen molar-refractivity contribution in [3.63, 3.8) is 0 Å². The summed E-state index contributed by atoms with van der Waals surface area (Å²) in [6.45, 7) is 0.652. The van der Waals surface area contributed by atoms with Crippen molar-refractivity contribution in [1.29, 1.82) is 0 Å². The summed E-state index contributed by atoms with van der Waals surface area (Å²) >= 11 is 0. The van der Waals surface area contributed by atoms with Gasteiger partial charge in [-0.3, -0.25) is 5.32 Å². The van der Waals surface area contributed by atoms with Crippen LogP contribution in [0.2, 0.25) is 0 Å². The zero-order valence-electron chi connectivity index (χ0n) is 11.2. The van der Waals surface area contributed by atoms with Gasteiger partial charge in [-0.1, -0.05) is 18.2 Å². The molecule has 1 saturated heterocycles. The number of piperidine rings is 1. The Bertz CT molecular complexity index is 486. The molecule has 2 atom stereocenters. The van der Waals surface area contributed by atoms with E-state index in [0.29, 0.717) is 13.0 Å². The summed E-state index contributed by atoms with van der Waals surface area (Å²) in [5, 5.41) is 2.75.